The van der Waals surface area contributed by atoms with E-state index >= 15 is 0 Å². The lowest BCUT2D eigenvalue weighted by atomic mass is 10.0. The second-order valence-corrected chi connectivity index (χ2v) is 5.71. The van der Waals surface area contributed by atoms with Gasteiger partial charge in [-0.25, -0.2) is 9.97 Å². The van der Waals surface area contributed by atoms with Crippen LogP contribution in [-0.2, 0) is 4.74 Å². The highest BCUT2D eigenvalue weighted by Gasteiger charge is 2.13. The van der Waals surface area contributed by atoms with Gasteiger partial charge in [-0.2, -0.15) is 0 Å². The molecule has 3 aromatic rings. The predicted octanol–water partition coefficient (Wildman–Crippen LogP) is 1.62. The summed E-state index contributed by atoms with van der Waals surface area (Å²) in [6.07, 6.45) is 1.65. The molecule has 2 aromatic carbocycles. The van der Waals surface area contributed by atoms with E-state index in [4.69, 9.17) is 21.9 Å². The zero-order chi connectivity index (χ0) is 18.0. The van der Waals surface area contributed by atoms with Crippen LogP contribution in [0, 0.1) is 0 Å². The SMILES string of the molecule is COCC(N)c1ccc(-c2ncc3cccc(C(N)=O)c3n2)c(N)c1. The van der Waals surface area contributed by atoms with Crippen molar-refractivity contribution in [3.63, 3.8) is 0 Å². The lowest BCUT2D eigenvalue weighted by Crippen LogP contribution is -2.16. The third-order valence-electron chi connectivity index (χ3n) is 3.97. The Morgan fingerprint density at radius 1 is 1.28 bits per heavy atom. The molecule has 7 heteroatoms. The molecule has 0 spiro atoms. The van der Waals surface area contributed by atoms with E-state index in [-0.39, 0.29) is 6.04 Å². The normalized spacial score (nSPS) is 12.2. The fraction of sp³-hybridized carbons (Fsp3) is 0.167. The van der Waals surface area contributed by atoms with Crippen molar-refractivity contribution in [2.75, 3.05) is 19.5 Å². The average Bonchev–Trinajstić information content (AvgIpc) is 2.60. The van der Waals surface area contributed by atoms with Crippen LogP contribution in [0.4, 0.5) is 5.69 Å². The van der Waals surface area contributed by atoms with Crippen LogP contribution in [0.1, 0.15) is 22.0 Å². The first-order chi connectivity index (χ1) is 12.0. The standard InChI is InChI=1S/C18H19N5O2/c1-25-9-15(20)10-5-6-12(14(19)7-10)18-22-8-11-3-2-4-13(17(21)24)16(11)23-18/h2-8,15H,9,19-20H2,1H3,(H2,21,24). The van der Waals surface area contributed by atoms with Crippen molar-refractivity contribution in [1.29, 1.82) is 0 Å². The van der Waals surface area contributed by atoms with Gasteiger partial charge < -0.3 is 21.9 Å². The van der Waals surface area contributed by atoms with Gasteiger partial charge in [0, 0.05) is 29.9 Å². The Kier molecular flexibility index (Phi) is 4.60. The van der Waals surface area contributed by atoms with Crippen LogP contribution in [0.25, 0.3) is 22.3 Å². The molecule has 25 heavy (non-hydrogen) atoms. The number of anilines is 1. The molecule has 6 N–H and O–H groups in total. The van der Waals surface area contributed by atoms with Crippen molar-refractivity contribution >= 4 is 22.5 Å². The lowest BCUT2D eigenvalue weighted by molar-refractivity contribution is 0.100. The molecule has 1 unspecified atom stereocenters. The number of para-hydroxylation sites is 1. The number of nitrogen functional groups attached to an aromatic ring is 1. The summed E-state index contributed by atoms with van der Waals surface area (Å²) in [5, 5.41) is 0.734. The van der Waals surface area contributed by atoms with Crippen LogP contribution in [0.2, 0.25) is 0 Å². The van der Waals surface area contributed by atoms with Crippen molar-refractivity contribution in [1.82, 2.24) is 9.97 Å². The molecule has 1 heterocycles. The summed E-state index contributed by atoms with van der Waals surface area (Å²) in [6.45, 7) is 0.396. The highest BCUT2D eigenvalue weighted by atomic mass is 16.5. The number of primary amides is 1. The topological polar surface area (TPSA) is 130 Å². The van der Waals surface area contributed by atoms with Gasteiger partial charge in [0.2, 0.25) is 0 Å². The zero-order valence-corrected chi connectivity index (χ0v) is 13.8. The van der Waals surface area contributed by atoms with Crippen LogP contribution < -0.4 is 17.2 Å². The Morgan fingerprint density at radius 3 is 2.76 bits per heavy atom. The molecule has 3 rings (SSSR count). The number of carbonyl (C=O) groups excluding carboxylic acids is 1. The number of nitrogens with zero attached hydrogens (tertiary/aromatic N) is 2. The maximum Gasteiger partial charge on any atom is 0.250 e. The Balaban J connectivity index is 2.07. The van der Waals surface area contributed by atoms with Gasteiger partial charge in [0.05, 0.1) is 23.7 Å². The number of methoxy groups -OCH3 is 1. The van der Waals surface area contributed by atoms with E-state index in [0.717, 1.165) is 10.9 Å². The molecule has 1 aromatic heterocycles. The van der Waals surface area contributed by atoms with Gasteiger partial charge in [0.1, 0.15) is 0 Å². The minimum absolute atomic E-state index is 0.264. The number of fused-ring (bicyclic) bond motifs is 1. The Morgan fingerprint density at radius 2 is 2.08 bits per heavy atom. The van der Waals surface area contributed by atoms with E-state index in [9.17, 15) is 4.79 Å². The Labute approximate surface area is 144 Å². The van der Waals surface area contributed by atoms with Crippen molar-refractivity contribution in [2.45, 2.75) is 6.04 Å². The first-order valence-electron chi connectivity index (χ1n) is 7.71. The van der Waals surface area contributed by atoms with Gasteiger partial charge in [-0.05, 0) is 23.8 Å². The quantitative estimate of drug-likeness (QED) is 0.607. The zero-order valence-electron chi connectivity index (χ0n) is 13.8. The number of amides is 1. The molecule has 0 radical (unpaired) electrons. The van der Waals surface area contributed by atoms with Gasteiger partial charge in [0.25, 0.3) is 5.91 Å². The molecule has 0 aliphatic rings. The van der Waals surface area contributed by atoms with E-state index in [2.05, 4.69) is 9.97 Å². The molecule has 128 valence electrons. The monoisotopic (exact) mass is 337 g/mol. The highest BCUT2D eigenvalue weighted by Crippen LogP contribution is 2.27. The van der Waals surface area contributed by atoms with E-state index in [1.165, 1.54) is 0 Å². The number of carbonyl (C=O) groups is 1. The fourth-order valence-corrected chi connectivity index (χ4v) is 2.68. The molecule has 0 saturated heterocycles. The van der Waals surface area contributed by atoms with E-state index in [1.807, 2.05) is 18.2 Å². The summed E-state index contributed by atoms with van der Waals surface area (Å²) >= 11 is 0. The molecule has 0 aliphatic heterocycles. The van der Waals surface area contributed by atoms with Crippen LogP contribution in [-0.4, -0.2) is 29.6 Å². The molecule has 0 aliphatic carbocycles. The molecule has 1 amide bonds. The molecule has 0 saturated carbocycles. The van der Waals surface area contributed by atoms with Gasteiger partial charge in [0.15, 0.2) is 5.82 Å². The largest absolute Gasteiger partial charge is 0.398 e. The molecular formula is C18H19N5O2. The maximum atomic E-state index is 11.6. The highest BCUT2D eigenvalue weighted by molar-refractivity contribution is 6.04. The number of benzene rings is 2. The maximum absolute atomic E-state index is 11.6. The summed E-state index contributed by atoms with van der Waals surface area (Å²) in [4.78, 5) is 20.5. The number of aromatic nitrogens is 2. The van der Waals surface area contributed by atoms with Crippen molar-refractivity contribution in [3.8, 4) is 11.4 Å². The number of hydrogen-bond acceptors (Lipinski definition) is 6. The summed E-state index contributed by atoms with van der Waals surface area (Å²) in [6, 6.07) is 10.4. The van der Waals surface area contributed by atoms with E-state index in [1.54, 1.807) is 31.5 Å². The first-order valence-corrected chi connectivity index (χ1v) is 7.71. The summed E-state index contributed by atoms with van der Waals surface area (Å²) in [5.74, 6) is -0.116. The predicted molar refractivity (Wildman–Crippen MR) is 96.7 cm³/mol. The first kappa shape index (κ1) is 16.8. The van der Waals surface area contributed by atoms with Gasteiger partial charge in [-0.3, -0.25) is 4.79 Å². The van der Waals surface area contributed by atoms with Crippen molar-refractivity contribution < 1.29 is 9.53 Å². The average molecular weight is 337 g/mol. The summed E-state index contributed by atoms with van der Waals surface area (Å²) < 4.78 is 5.06. The third kappa shape index (κ3) is 3.28. The second kappa shape index (κ2) is 6.84. The Hall–Kier alpha value is -3.03. The summed E-state index contributed by atoms with van der Waals surface area (Å²) in [7, 11) is 1.59. The molecule has 0 bridgehead atoms. The fourth-order valence-electron chi connectivity index (χ4n) is 2.68. The third-order valence-corrected chi connectivity index (χ3v) is 3.97. The molecule has 7 nitrogen and oxygen atoms in total. The molecular weight excluding hydrogens is 318 g/mol. The Bertz CT molecular complexity index is 942. The smallest absolute Gasteiger partial charge is 0.250 e. The minimum Gasteiger partial charge on any atom is -0.398 e. The van der Waals surface area contributed by atoms with Gasteiger partial charge >= 0.3 is 0 Å². The van der Waals surface area contributed by atoms with Crippen molar-refractivity contribution in [3.05, 3.63) is 53.7 Å². The van der Waals surface area contributed by atoms with E-state index < -0.39 is 5.91 Å². The van der Waals surface area contributed by atoms with Crippen LogP contribution in [0.3, 0.4) is 0 Å². The lowest BCUT2D eigenvalue weighted by Gasteiger charge is -2.13. The minimum atomic E-state index is -0.538. The molecule has 0 fully saturated rings. The number of nitrogens with two attached hydrogens (primary N) is 3. The van der Waals surface area contributed by atoms with Gasteiger partial charge in [-0.1, -0.05) is 18.2 Å². The van der Waals surface area contributed by atoms with Crippen LogP contribution in [0.15, 0.2) is 42.6 Å². The molecule has 1 atom stereocenters. The van der Waals surface area contributed by atoms with Crippen molar-refractivity contribution in [2.24, 2.45) is 11.5 Å². The van der Waals surface area contributed by atoms with Crippen LogP contribution in [0.5, 0.6) is 0 Å². The van der Waals surface area contributed by atoms with Gasteiger partial charge in [-0.15, -0.1) is 0 Å². The number of hydrogen-bond donors (Lipinski definition) is 3. The number of rotatable bonds is 5. The second-order valence-electron chi connectivity index (χ2n) is 5.71. The van der Waals surface area contributed by atoms with E-state index in [0.29, 0.717) is 34.8 Å². The summed E-state index contributed by atoms with van der Waals surface area (Å²) in [5.41, 5.74) is 20.5. The van der Waals surface area contributed by atoms with Crippen LogP contribution >= 0.6 is 0 Å². The number of ether oxygens (including phenoxy) is 1.